The molecule has 18 heavy (non-hydrogen) atoms. The molecule has 0 radical (unpaired) electrons. The van der Waals surface area contributed by atoms with E-state index in [0.29, 0.717) is 0 Å². The lowest BCUT2D eigenvalue weighted by molar-refractivity contribution is -0.0921. The van der Waals surface area contributed by atoms with E-state index in [2.05, 4.69) is 9.50 Å². The van der Waals surface area contributed by atoms with E-state index >= 15 is 0 Å². The van der Waals surface area contributed by atoms with Gasteiger partial charge in [-0.3, -0.25) is 4.18 Å². The maximum Gasteiger partial charge on any atom is 0.408 e. The lowest BCUT2D eigenvalue weighted by Crippen LogP contribution is -2.65. The average molecular weight is 281 g/mol. The smallest absolute Gasteiger partial charge is 0.408 e. The van der Waals surface area contributed by atoms with Gasteiger partial charge in [0.2, 0.25) is 0 Å². The summed E-state index contributed by atoms with van der Waals surface area (Å²) >= 11 is 0. The molecule has 0 bridgehead atoms. The third-order valence-electron chi connectivity index (χ3n) is 2.07. The summed E-state index contributed by atoms with van der Waals surface area (Å²) in [5.41, 5.74) is -1.45. The third-order valence-corrected chi connectivity index (χ3v) is 2.62. The molecule has 1 saturated heterocycles. The number of alkyl carbamates (subject to hydrolysis) is 1. The minimum absolute atomic E-state index is 0.162. The maximum absolute atomic E-state index is 11.6. The van der Waals surface area contributed by atoms with E-state index < -0.39 is 27.4 Å². The summed E-state index contributed by atoms with van der Waals surface area (Å²) < 4.78 is 36.6. The van der Waals surface area contributed by atoms with Crippen LogP contribution in [0.15, 0.2) is 0 Å². The summed E-state index contributed by atoms with van der Waals surface area (Å²) in [4.78, 5) is 11.6. The van der Waals surface area contributed by atoms with Crippen molar-refractivity contribution >= 4 is 16.2 Å². The first kappa shape index (κ1) is 15.2. The molecular formula is C10H19NO6S. The van der Waals surface area contributed by atoms with E-state index in [1.165, 1.54) is 0 Å². The maximum atomic E-state index is 11.6. The second-order valence-corrected chi connectivity index (χ2v) is 7.01. The standard InChI is InChI=1S/C10H19NO6S/c1-9(2,3)17-8(12)11-10(5-15-6-10)7-16-18(4,13)14/h5-7H2,1-4H3,(H,11,12). The first-order valence-electron chi connectivity index (χ1n) is 5.45. The van der Waals surface area contributed by atoms with Gasteiger partial charge in [-0.25, -0.2) is 4.79 Å². The molecule has 0 aromatic carbocycles. The minimum atomic E-state index is -3.55. The van der Waals surface area contributed by atoms with Crippen molar-refractivity contribution in [3.63, 3.8) is 0 Å². The second kappa shape index (κ2) is 5.02. The normalized spacial score (nSPS) is 18.9. The van der Waals surface area contributed by atoms with Crippen LogP contribution in [-0.4, -0.2) is 51.7 Å². The molecule has 1 aliphatic rings. The topological polar surface area (TPSA) is 90.9 Å². The number of ether oxygens (including phenoxy) is 2. The number of amides is 1. The van der Waals surface area contributed by atoms with Crippen molar-refractivity contribution in [2.24, 2.45) is 0 Å². The number of hydrogen-bond donors (Lipinski definition) is 1. The lowest BCUT2D eigenvalue weighted by atomic mass is 9.99. The Balaban J connectivity index is 2.53. The predicted octanol–water partition coefficient (Wildman–Crippen LogP) is 0.256. The van der Waals surface area contributed by atoms with Crippen LogP contribution >= 0.6 is 0 Å². The Hall–Kier alpha value is -0.860. The van der Waals surface area contributed by atoms with Crippen molar-refractivity contribution in [2.45, 2.75) is 31.9 Å². The molecule has 106 valence electrons. The quantitative estimate of drug-likeness (QED) is 0.743. The monoisotopic (exact) mass is 281 g/mol. The zero-order valence-corrected chi connectivity index (χ0v) is 11.8. The van der Waals surface area contributed by atoms with Crippen LogP contribution in [0.2, 0.25) is 0 Å². The van der Waals surface area contributed by atoms with Crippen molar-refractivity contribution < 1.29 is 26.9 Å². The van der Waals surface area contributed by atoms with Crippen molar-refractivity contribution in [3.8, 4) is 0 Å². The van der Waals surface area contributed by atoms with Crippen molar-refractivity contribution in [2.75, 3.05) is 26.1 Å². The van der Waals surface area contributed by atoms with E-state index in [4.69, 9.17) is 9.47 Å². The molecule has 0 aromatic heterocycles. The SMILES string of the molecule is CC(C)(C)OC(=O)NC1(COS(C)(=O)=O)COC1. The molecule has 0 saturated carbocycles. The van der Waals surface area contributed by atoms with Gasteiger partial charge in [0.05, 0.1) is 26.1 Å². The van der Waals surface area contributed by atoms with Crippen molar-refractivity contribution in [3.05, 3.63) is 0 Å². The summed E-state index contributed by atoms with van der Waals surface area (Å²) in [5.74, 6) is 0. The summed E-state index contributed by atoms with van der Waals surface area (Å²) in [6, 6.07) is 0. The fraction of sp³-hybridized carbons (Fsp3) is 0.900. The Bertz CT molecular complexity index is 407. The molecular weight excluding hydrogens is 262 g/mol. The lowest BCUT2D eigenvalue weighted by Gasteiger charge is -2.41. The molecule has 0 spiro atoms. The Morgan fingerprint density at radius 1 is 1.39 bits per heavy atom. The second-order valence-electron chi connectivity index (χ2n) is 5.37. The van der Waals surface area contributed by atoms with Crippen LogP contribution in [0.3, 0.4) is 0 Å². The van der Waals surface area contributed by atoms with Gasteiger partial charge in [-0.1, -0.05) is 0 Å². The van der Waals surface area contributed by atoms with Crippen LogP contribution in [0.1, 0.15) is 20.8 Å². The van der Waals surface area contributed by atoms with Gasteiger partial charge in [0, 0.05) is 0 Å². The highest BCUT2D eigenvalue weighted by Gasteiger charge is 2.42. The molecule has 0 unspecified atom stereocenters. The van der Waals surface area contributed by atoms with Gasteiger partial charge >= 0.3 is 6.09 Å². The highest BCUT2D eigenvalue weighted by molar-refractivity contribution is 7.85. The summed E-state index contributed by atoms with van der Waals surface area (Å²) in [6.45, 7) is 5.45. The van der Waals surface area contributed by atoms with Crippen LogP contribution in [0.5, 0.6) is 0 Å². The summed E-state index contributed by atoms with van der Waals surface area (Å²) in [5, 5.41) is 2.58. The van der Waals surface area contributed by atoms with Crippen LogP contribution < -0.4 is 5.32 Å². The van der Waals surface area contributed by atoms with Gasteiger partial charge in [-0.05, 0) is 20.8 Å². The molecule has 1 rings (SSSR count). The van der Waals surface area contributed by atoms with E-state index in [9.17, 15) is 13.2 Å². The molecule has 1 aliphatic heterocycles. The van der Waals surface area contributed by atoms with Crippen LogP contribution in [0, 0.1) is 0 Å². The van der Waals surface area contributed by atoms with E-state index in [-0.39, 0.29) is 19.8 Å². The fourth-order valence-corrected chi connectivity index (χ4v) is 1.72. The molecule has 1 heterocycles. The van der Waals surface area contributed by atoms with Gasteiger partial charge in [0.25, 0.3) is 10.1 Å². The van der Waals surface area contributed by atoms with Gasteiger partial charge in [0.15, 0.2) is 0 Å². The van der Waals surface area contributed by atoms with E-state index in [0.717, 1.165) is 6.26 Å². The molecule has 8 heteroatoms. The third kappa shape index (κ3) is 5.19. The molecule has 1 N–H and O–H groups in total. The fourth-order valence-electron chi connectivity index (χ4n) is 1.28. The van der Waals surface area contributed by atoms with Gasteiger partial charge < -0.3 is 14.8 Å². The van der Waals surface area contributed by atoms with Crippen molar-refractivity contribution in [1.82, 2.24) is 5.32 Å². The Morgan fingerprint density at radius 2 is 1.94 bits per heavy atom. The van der Waals surface area contributed by atoms with Crippen LogP contribution in [-0.2, 0) is 23.8 Å². The average Bonchev–Trinajstić information content (AvgIpc) is 2.04. The number of carbonyl (C=O) groups is 1. The predicted molar refractivity (Wildman–Crippen MR) is 63.7 cm³/mol. The molecule has 0 aliphatic carbocycles. The summed E-state index contributed by atoms with van der Waals surface area (Å²) in [6.07, 6.45) is 0.330. The Labute approximate surface area is 107 Å². The van der Waals surface area contributed by atoms with Crippen LogP contribution in [0.4, 0.5) is 4.79 Å². The summed E-state index contributed by atoms with van der Waals surface area (Å²) in [7, 11) is -3.55. The van der Waals surface area contributed by atoms with E-state index in [1.54, 1.807) is 20.8 Å². The Kier molecular flexibility index (Phi) is 4.24. The highest BCUT2D eigenvalue weighted by atomic mass is 32.2. The number of nitrogens with one attached hydrogen (secondary N) is 1. The van der Waals surface area contributed by atoms with Crippen molar-refractivity contribution in [1.29, 1.82) is 0 Å². The van der Waals surface area contributed by atoms with Gasteiger partial charge in [-0.15, -0.1) is 0 Å². The van der Waals surface area contributed by atoms with Gasteiger partial charge in [0.1, 0.15) is 11.1 Å². The largest absolute Gasteiger partial charge is 0.444 e. The number of hydrogen-bond acceptors (Lipinski definition) is 6. The highest BCUT2D eigenvalue weighted by Crippen LogP contribution is 2.19. The molecule has 0 atom stereocenters. The molecule has 1 amide bonds. The minimum Gasteiger partial charge on any atom is -0.444 e. The number of carbonyl (C=O) groups excluding carboxylic acids is 1. The first-order chi connectivity index (χ1) is 8.02. The first-order valence-corrected chi connectivity index (χ1v) is 7.26. The number of rotatable bonds is 4. The van der Waals surface area contributed by atoms with Crippen LogP contribution in [0.25, 0.3) is 0 Å². The zero-order valence-electron chi connectivity index (χ0n) is 11.0. The van der Waals surface area contributed by atoms with Gasteiger partial charge in [-0.2, -0.15) is 8.42 Å². The Morgan fingerprint density at radius 3 is 2.28 bits per heavy atom. The van der Waals surface area contributed by atoms with E-state index in [1.807, 2.05) is 0 Å². The molecule has 7 nitrogen and oxygen atoms in total. The molecule has 1 fully saturated rings. The molecule has 0 aromatic rings. The zero-order chi connectivity index (χ0) is 14.0.